The average molecular weight is 309 g/mol. The van der Waals surface area contributed by atoms with E-state index in [0.717, 1.165) is 19.3 Å². The van der Waals surface area contributed by atoms with E-state index in [-0.39, 0.29) is 13.2 Å². The van der Waals surface area contributed by atoms with Crippen LogP contribution in [0.15, 0.2) is 23.3 Å². The summed E-state index contributed by atoms with van der Waals surface area (Å²) in [5, 5.41) is 18.4. The van der Waals surface area contributed by atoms with Gasteiger partial charge < -0.3 is 15.9 Å². The third-order valence-corrected chi connectivity index (χ3v) is 4.75. The summed E-state index contributed by atoms with van der Waals surface area (Å²) in [6.45, 7) is 1.94. The van der Waals surface area contributed by atoms with Crippen molar-refractivity contribution in [3.8, 4) is 0 Å². The number of unbranched alkanes of at least 4 members (excludes halogenated alkanes) is 5. The molecule has 3 nitrogen and oxygen atoms in total. The third kappa shape index (κ3) is 7.57. The lowest BCUT2D eigenvalue weighted by atomic mass is 9.88. The summed E-state index contributed by atoms with van der Waals surface area (Å²) in [5.74, 6) is 0. The molecule has 4 N–H and O–H groups in total. The number of hydrogen-bond donors (Lipinski definition) is 3. The van der Waals surface area contributed by atoms with E-state index in [0.29, 0.717) is 6.42 Å². The predicted molar refractivity (Wildman–Crippen MR) is 93.7 cm³/mol. The molecule has 0 aromatic carbocycles. The molecule has 3 heteroatoms. The lowest BCUT2D eigenvalue weighted by Gasteiger charge is -2.25. The highest BCUT2D eigenvalue weighted by atomic mass is 16.3. The Bertz CT molecular complexity index is 356. The van der Waals surface area contributed by atoms with Crippen molar-refractivity contribution < 1.29 is 10.2 Å². The van der Waals surface area contributed by atoms with Crippen LogP contribution in [0.4, 0.5) is 0 Å². The van der Waals surface area contributed by atoms with E-state index in [2.05, 4.69) is 19.1 Å². The summed E-state index contributed by atoms with van der Waals surface area (Å²) in [6.07, 6.45) is 17.7. The van der Waals surface area contributed by atoms with Gasteiger partial charge in [-0.2, -0.15) is 0 Å². The Kier molecular flexibility index (Phi) is 9.69. The number of nitrogens with two attached hydrogens (primary N) is 1. The van der Waals surface area contributed by atoms with Crippen LogP contribution in [-0.4, -0.2) is 29.0 Å². The summed E-state index contributed by atoms with van der Waals surface area (Å²) in [7, 11) is 0. The van der Waals surface area contributed by atoms with Crippen molar-refractivity contribution in [2.75, 3.05) is 13.2 Å². The van der Waals surface area contributed by atoms with E-state index in [9.17, 15) is 10.2 Å². The van der Waals surface area contributed by atoms with E-state index < -0.39 is 5.54 Å². The maximum Gasteiger partial charge on any atom is 0.0633 e. The van der Waals surface area contributed by atoms with Crippen LogP contribution in [0.5, 0.6) is 0 Å². The molecule has 0 unspecified atom stereocenters. The minimum atomic E-state index is -0.830. The molecule has 0 saturated heterocycles. The number of aliphatic hydroxyl groups excluding tert-OH is 2. The number of allylic oxidation sites excluding steroid dienone is 4. The molecule has 0 aromatic rings. The standard InChI is InChI=1S/C19H35NO2/c1-2-3-4-5-6-7-8-17-9-11-18(12-10-17)13-14-19(20,15-21)16-22/h9,11,21-22H,2-8,10,12-16,20H2,1H3. The van der Waals surface area contributed by atoms with Crippen molar-refractivity contribution in [2.45, 2.75) is 83.1 Å². The first kappa shape index (κ1) is 19.4. The lowest BCUT2D eigenvalue weighted by Crippen LogP contribution is -2.47. The van der Waals surface area contributed by atoms with Gasteiger partial charge in [-0.15, -0.1) is 0 Å². The Morgan fingerprint density at radius 3 is 2.00 bits per heavy atom. The van der Waals surface area contributed by atoms with Gasteiger partial charge in [0.25, 0.3) is 0 Å². The molecule has 0 atom stereocenters. The minimum absolute atomic E-state index is 0.157. The molecule has 0 radical (unpaired) electrons. The van der Waals surface area contributed by atoms with Crippen molar-refractivity contribution in [3.63, 3.8) is 0 Å². The molecule has 0 amide bonds. The van der Waals surface area contributed by atoms with E-state index in [1.807, 2.05) is 0 Å². The van der Waals surface area contributed by atoms with Gasteiger partial charge in [0, 0.05) is 0 Å². The van der Waals surface area contributed by atoms with Crippen LogP contribution in [0, 0.1) is 0 Å². The molecule has 22 heavy (non-hydrogen) atoms. The fourth-order valence-electron chi connectivity index (χ4n) is 2.89. The van der Waals surface area contributed by atoms with Gasteiger partial charge >= 0.3 is 0 Å². The van der Waals surface area contributed by atoms with Gasteiger partial charge in [-0.1, -0.05) is 62.3 Å². The molecule has 0 bridgehead atoms. The zero-order chi connectivity index (χ0) is 16.3. The highest BCUT2D eigenvalue weighted by molar-refractivity contribution is 5.24. The highest BCUT2D eigenvalue weighted by Gasteiger charge is 2.23. The molecule has 0 heterocycles. The Morgan fingerprint density at radius 1 is 0.909 bits per heavy atom. The zero-order valence-electron chi connectivity index (χ0n) is 14.3. The Hall–Kier alpha value is -0.640. The summed E-state index contributed by atoms with van der Waals surface area (Å²) in [4.78, 5) is 0. The molecular weight excluding hydrogens is 274 g/mol. The van der Waals surface area contributed by atoms with E-state index in [4.69, 9.17) is 5.73 Å². The number of aliphatic hydroxyl groups is 2. The van der Waals surface area contributed by atoms with E-state index in [1.54, 1.807) is 5.57 Å². The second kappa shape index (κ2) is 11.0. The Morgan fingerprint density at radius 2 is 1.45 bits per heavy atom. The van der Waals surface area contributed by atoms with Gasteiger partial charge in [-0.3, -0.25) is 0 Å². The summed E-state index contributed by atoms with van der Waals surface area (Å²) < 4.78 is 0. The molecule has 0 aliphatic heterocycles. The van der Waals surface area contributed by atoms with Crippen LogP contribution in [-0.2, 0) is 0 Å². The molecule has 0 fully saturated rings. The zero-order valence-corrected chi connectivity index (χ0v) is 14.3. The first-order valence-electron chi connectivity index (χ1n) is 9.01. The molecule has 1 rings (SSSR count). The van der Waals surface area contributed by atoms with Gasteiger partial charge in [0.05, 0.1) is 18.8 Å². The molecular formula is C19H35NO2. The first-order valence-corrected chi connectivity index (χ1v) is 9.01. The smallest absolute Gasteiger partial charge is 0.0633 e. The number of rotatable bonds is 12. The number of hydrogen-bond acceptors (Lipinski definition) is 3. The first-order chi connectivity index (χ1) is 10.6. The van der Waals surface area contributed by atoms with Crippen molar-refractivity contribution in [2.24, 2.45) is 5.73 Å². The average Bonchev–Trinajstić information content (AvgIpc) is 2.57. The fourth-order valence-corrected chi connectivity index (χ4v) is 2.89. The fraction of sp³-hybridized carbons (Fsp3) is 0.789. The normalized spacial score (nSPS) is 15.6. The molecule has 0 spiro atoms. The quantitative estimate of drug-likeness (QED) is 0.480. The predicted octanol–water partition coefficient (Wildman–Crippen LogP) is 3.85. The maximum atomic E-state index is 9.21. The van der Waals surface area contributed by atoms with E-state index >= 15 is 0 Å². The Balaban J connectivity index is 2.23. The maximum absolute atomic E-state index is 9.21. The second-order valence-corrected chi connectivity index (χ2v) is 6.85. The van der Waals surface area contributed by atoms with Gasteiger partial charge in [0.1, 0.15) is 0 Å². The van der Waals surface area contributed by atoms with Crippen molar-refractivity contribution in [1.82, 2.24) is 0 Å². The van der Waals surface area contributed by atoms with Crippen LogP contribution >= 0.6 is 0 Å². The Labute approximate surface area is 136 Å². The van der Waals surface area contributed by atoms with Gasteiger partial charge in [-0.25, -0.2) is 0 Å². The largest absolute Gasteiger partial charge is 0.394 e. The molecule has 0 aromatic heterocycles. The molecule has 128 valence electrons. The van der Waals surface area contributed by atoms with Crippen LogP contribution in [0.2, 0.25) is 0 Å². The van der Waals surface area contributed by atoms with Crippen LogP contribution in [0.3, 0.4) is 0 Å². The van der Waals surface area contributed by atoms with Crippen molar-refractivity contribution in [1.29, 1.82) is 0 Å². The van der Waals surface area contributed by atoms with E-state index in [1.165, 1.54) is 50.5 Å². The molecule has 1 aliphatic rings. The molecule has 1 aliphatic carbocycles. The van der Waals surface area contributed by atoms with Crippen LogP contribution in [0.25, 0.3) is 0 Å². The van der Waals surface area contributed by atoms with Crippen LogP contribution < -0.4 is 5.73 Å². The lowest BCUT2D eigenvalue weighted by molar-refractivity contribution is 0.114. The van der Waals surface area contributed by atoms with Crippen molar-refractivity contribution >= 4 is 0 Å². The summed E-state index contributed by atoms with van der Waals surface area (Å²) in [5.41, 5.74) is 8.05. The third-order valence-electron chi connectivity index (χ3n) is 4.75. The van der Waals surface area contributed by atoms with Crippen molar-refractivity contribution in [3.05, 3.63) is 23.3 Å². The second-order valence-electron chi connectivity index (χ2n) is 6.85. The monoisotopic (exact) mass is 309 g/mol. The van der Waals surface area contributed by atoms with Gasteiger partial charge in [-0.05, 0) is 38.5 Å². The van der Waals surface area contributed by atoms with Gasteiger partial charge in [0.15, 0.2) is 0 Å². The summed E-state index contributed by atoms with van der Waals surface area (Å²) >= 11 is 0. The van der Waals surface area contributed by atoms with Crippen LogP contribution in [0.1, 0.15) is 77.6 Å². The minimum Gasteiger partial charge on any atom is -0.394 e. The van der Waals surface area contributed by atoms with Gasteiger partial charge in [0.2, 0.25) is 0 Å². The summed E-state index contributed by atoms with van der Waals surface area (Å²) in [6, 6.07) is 0. The highest BCUT2D eigenvalue weighted by Crippen LogP contribution is 2.26. The molecule has 0 saturated carbocycles. The topological polar surface area (TPSA) is 66.5 Å². The SMILES string of the molecule is CCCCCCCCC1=CC=C(CCC(N)(CO)CO)CC1.